The number of esters is 1. The summed E-state index contributed by atoms with van der Waals surface area (Å²) in [6.45, 7) is 4.18. The van der Waals surface area contributed by atoms with E-state index in [-0.39, 0.29) is 11.3 Å². The van der Waals surface area contributed by atoms with Gasteiger partial charge in [-0.2, -0.15) is 0 Å². The van der Waals surface area contributed by atoms with Crippen molar-refractivity contribution >= 4 is 36.8 Å². The third kappa shape index (κ3) is 4.68. The number of rotatable bonds is 3. The van der Waals surface area contributed by atoms with E-state index in [2.05, 4.69) is 5.32 Å². The highest BCUT2D eigenvalue weighted by Crippen LogP contribution is 2.24. The fourth-order valence-corrected chi connectivity index (χ4v) is 2.30. The highest BCUT2D eigenvalue weighted by Gasteiger charge is 2.38. The van der Waals surface area contributed by atoms with E-state index in [1.807, 2.05) is 0 Å². The Morgan fingerprint density at radius 1 is 1.32 bits per heavy atom. The number of hydrogen-bond donors (Lipinski definition) is 1. The average Bonchev–Trinajstić information content (AvgIpc) is 2.60. The molecule has 0 bridgehead atoms. The highest BCUT2D eigenvalue weighted by molar-refractivity contribution is 6.33. The Labute approximate surface area is 146 Å². The van der Waals surface area contributed by atoms with Gasteiger partial charge in [-0.25, -0.2) is 0 Å². The van der Waals surface area contributed by atoms with Crippen molar-refractivity contribution in [2.45, 2.75) is 26.4 Å². The van der Waals surface area contributed by atoms with Crippen molar-refractivity contribution in [2.75, 3.05) is 13.2 Å². The van der Waals surface area contributed by atoms with Crippen LogP contribution in [0.1, 0.15) is 31.1 Å². The smallest absolute Gasteiger partial charge is 0.325 e. The van der Waals surface area contributed by atoms with Crippen LogP contribution >= 0.6 is 0 Å². The van der Waals surface area contributed by atoms with E-state index in [9.17, 15) is 19.2 Å². The number of nitrogens with one attached hydrogen (secondary N) is 1. The van der Waals surface area contributed by atoms with E-state index < -0.39 is 48.1 Å². The van der Waals surface area contributed by atoms with Gasteiger partial charge in [0.15, 0.2) is 17.5 Å². The Bertz CT molecular complexity index is 737. The third-order valence-electron chi connectivity index (χ3n) is 3.31. The summed E-state index contributed by atoms with van der Waals surface area (Å²) in [5.41, 5.74) is -0.244. The molecule has 0 saturated carbocycles. The number of hydrogen-bond acceptors (Lipinski definition) is 6. The van der Waals surface area contributed by atoms with Crippen molar-refractivity contribution in [1.29, 1.82) is 0 Å². The first-order valence-electron chi connectivity index (χ1n) is 7.67. The Morgan fingerprint density at radius 2 is 2.00 bits per heavy atom. The molecule has 1 aromatic carbocycles. The average molecular weight is 343 g/mol. The molecule has 1 atom stereocenters. The molecule has 0 aromatic heterocycles. The van der Waals surface area contributed by atoms with Gasteiger partial charge in [-0.1, -0.05) is 11.5 Å². The molecule has 1 aliphatic heterocycles. The van der Waals surface area contributed by atoms with Crippen molar-refractivity contribution in [1.82, 2.24) is 5.32 Å². The SMILES string of the molecule is [B]c1ccc2c(c1)OCC(=O)C(C(=O)NCC(=O)OC(C)(C)C)C2=O. The van der Waals surface area contributed by atoms with Crippen molar-refractivity contribution in [3.05, 3.63) is 23.8 Å². The van der Waals surface area contributed by atoms with Crippen LogP contribution in [0.25, 0.3) is 0 Å². The Kier molecular flexibility index (Phi) is 5.30. The van der Waals surface area contributed by atoms with Gasteiger partial charge in [-0.05, 0) is 32.9 Å². The number of ketones is 2. The largest absolute Gasteiger partial charge is 0.485 e. The number of benzene rings is 1. The number of Topliss-reactive ketones (excluding diaryl/α,β-unsaturated/α-hetero) is 2. The first kappa shape index (κ1) is 18.7. The predicted octanol–water partition coefficient (Wildman–Crippen LogP) is -0.301. The molecular weight excluding hydrogens is 325 g/mol. The maximum atomic E-state index is 12.6. The lowest BCUT2D eigenvalue weighted by Gasteiger charge is -2.20. The number of carbonyl (C=O) groups is 4. The second-order valence-electron chi connectivity index (χ2n) is 6.61. The van der Waals surface area contributed by atoms with Crippen LogP contribution in [0.2, 0.25) is 0 Å². The lowest BCUT2D eigenvalue weighted by molar-refractivity contribution is -0.155. The summed E-state index contributed by atoms with van der Waals surface area (Å²) >= 11 is 0. The molecule has 0 fully saturated rings. The van der Waals surface area contributed by atoms with Gasteiger partial charge >= 0.3 is 5.97 Å². The van der Waals surface area contributed by atoms with Gasteiger partial charge < -0.3 is 14.8 Å². The van der Waals surface area contributed by atoms with Crippen LogP contribution in [0.5, 0.6) is 5.75 Å². The van der Waals surface area contributed by atoms with Gasteiger partial charge in [0.1, 0.15) is 32.3 Å². The first-order valence-corrected chi connectivity index (χ1v) is 7.67. The molecule has 0 aliphatic carbocycles. The molecule has 0 spiro atoms. The molecule has 2 radical (unpaired) electrons. The first-order chi connectivity index (χ1) is 11.6. The summed E-state index contributed by atoms with van der Waals surface area (Å²) in [7, 11) is 5.63. The molecular formula is C17H18BNO6. The second-order valence-corrected chi connectivity index (χ2v) is 6.61. The van der Waals surface area contributed by atoms with Gasteiger partial charge in [0.25, 0.3) is 0 Å². The summed E-state index contributed by atoms with van der Waals surface area (Å²) in [4.78, 5) is 48.6. The van der Waals surface area contributed by atoms with Crippen molar-refractivity contribution in [2.24, 2.45) is 5.92 Å². The molecule has 7 nitrogen and oxygen atoms in total. The topological polar surface area (TPSA) is 98.8 Å². The minimum absolute atomic E-state index is 0.0949. The fraction of sp³-hybridized carbons (Fsp3) is 0.412. The zero-order chi connectivity index (χ0) is 18.8. The monoisotopic (exact) mass is 343 g/mol. The number of carbonyl (C=O) groups excluding carboxylic acids is 4. The lowest BCUT2D eigenvalue weighted by Crippen LogP contribution is -2.43. The summed E-state index contributed by atoms with van der Waals surface area (Å²) < 4.78 is 10.3. The van der Waals surface area contributed by atoms with Crippen LogP contribution < -0.4 is 15.5 Å². The normalized spacial score (nSPS) is 17.2. The zero-order valence-electron chi connectivity index (χ0n) is 14.3. The molecule has 130 valence electrons. The molecule has 1 aromatic rings. The minimum Gasteiger partial charge on any atom is -0.485 e. The molecule has 1 amide bonds. The molecule has 8 heteroatoms. The van der Waals surface area contributed by atoms with Crippen molar-refractivity contribution < 1.29 is 28.7 Å². The van der Waals surface area contributed by atoms with Gasteiger partial charge in [0, 0.05) is 0 Å². The van der Waals surface area contributed by atoms with E-state index in [0.29, 0.717) is 5.46 Å². The second kappa shape index (κ2) is 7.08. The van der Waals surface area contributed by atoms with Gasteiger partial charge in [0.05, 0.1) is 5.56 Å². The summed E-state index contributed by atoms with van der Waals surface area (Å²) in [5, 5.41) is 2.27. The maximum absolute atomic E-state index is 12.6. The van der Waals surface area contributed by atoms with Crippen LogP contribution in [0, 0.1) is 5.92 Å². The van der Waals surface area contributed by atoms with E-state index >= 15 is 0 Å². The van der Waals surface area contributed by atoms with E-state index in [1.165, 1.54) is 18.2 Å². The van der Waals surface area contributed by atoms with E-state index in [1.54, 1.807) is 20.8 Å². The Hall–Kier alpha value is -2.64. The molecule has 0 saturated heterocycles. The van der Waals surface area contributed by atoms with Crippen molar-refractivity contribution in [3.63, 3.8) is 0 Å². The number of fused-ring (bicyclic) bond motifs is 1. The van der Waals surface area contributed by atoms with Crippen LogP contribution in [0.4, 0.5) is 0 Å². The van der Waals surface area contributed by atoms with Crippen LogP contribution in [-0.4, -0.2) is 50.0 Å². The van der Waals surface area contributed by atoms with E-state index in [0.717, 1.165) is 0 Å². The van der Waals surface area contributed by atoms with Crippen molar-refractivity contribution in [3.8, 4) is 5.75 Å². The standard InChI is InChI=1S/C17H18BNO6/c1-17(2,3)25-13(21)7-19-16(23)14-11(20)8-24-12-6-9(18)4-5-10(12)15(14)22/h4-6,14H,7-8H2,1-3H3,(H,19,23). The maximum Gasteiger partial charge on any atom is 0.325 e. The summed E-state index contributed by atoms with van der Waals surface area (Å²) in [5.74, 6) is -4.35. The van der Waals surface area contributed by atoms with Gasteiger partial charge in [-0.3, -0.25) is 19.2 Å². The Morgan fingerprint density at radius 3 is 2.64 bits per heavy atom. The number of ether oxygens (including phenoxy) is 2. The van der Waals surface area contributed by atoms with E-state index in [4.69, 9.17) is 17.3 Å². The van der Waals surface area contributed by atoms with Gasteiger partial charge in [0.2, 0.25) is 5.91 Å². The van der Waals surface area contributed by atoms with Crippen LogP contribution in [-0.2, 0) is 19.1 Å². The zero-order valence-corrected chi connectivity index (χ0v) is 14.3. The fourth-order valence-electron chi connectivity index (χ4n) is 2.30. The third-order valence-corrected chi connectivity index (χ3v) is 3.31. The molecule has 2 rings (SSSR count). The summed E-state index contributed by atoms with van der Waals surface area (Å²) in [6.07, 6.45) is 0. The summed E-state index contributed by atoms with van der Waals surface area (Å²) in [6, 6.07) is 4.30. The minimum atomic E-state index is -1.58. The quantitative estimate of drug-likeness (QED) is 0.460. The lowest BCUT2D eigenvalue weighted by atomic mass is 9.90. The van der Waals surface area contributed by atoms with Crippen LogP contribution in [0.3, 0.4) is 0 Å². The molecule has 1 heterocycles. The van der Waals surface area contributed by atoms with Gasteiger partial charge in [-0.15, -0.1) is 0 Å². The molecule has 1 N–H and O–H groups in total. The number of amides is 1. The predicted molar refractivity (Wildman–Crippen MR) is 89.0 cm³/mol. The molecule has 1 aliphatic rings. The molecule has 1 unspecified atom stereocenters. The van der Waals surface area contributed by atoms with Crippen LogP contribution in [0.15, 0.2) is 18.2 Å². The highest BCUT2D eigenvalue weighted by atomic mass is 16.6. The Balaban J connectivity index is 2.13. The molecule has 25 heavy (non-hydrogen) atoms.